The van der Waals surface area contributed by atoms with E-state index < -0.39 is 7.29 Å². The predicted molar refractivity (Wildman–Crippen MR) is 92.0 cm³/mol. The Balaban J connectivity index is 1.95. The van der Waals surface area contributed by atoms with Gasteiger partial charge in [0, 0.05) is 17.2 Å². The van der Waals surface area contributed by atoms with E-state index in [1.54, 1.807) is 0 Å². The van der Waals surface area contributed by atoms with Gasteiger partial charge in [-0.3, -0.25) is 4.57 Å². The summed E-state index contributed by atoms with van der Waals surface area (Å²) in [6.45, 7) is 0.446. The van der Waals surface area contributed by atoms with Gasteiger partial charge in [0.05, 0.1) is 0 Å². The van der Waals surface area contributed by atoms with Crippen LogP contribution in [0.4, 0.5) is 0 Å². The summed E-state index contributed by atoms with van der Waals surface area (Å²) in [4.78, 5) is 0. The Labute approximate surface area is 131 Å². The highest BCUT2D eigenvalue weighted by molar-refractivity contribution is 7.76. The molecule has 0 unspecified atom stereocenters. The number of rotatable bonds is 5. The maximum atomic E-state index is 13.6. The lowest BCUT2D eigenvalue weighted by Crippen LogP contribution is -2.23. The average molecular weight is 306 g/mol. The summed E-state index contributed by atoms with van der Waals surface area (Å²) in [5, 5.41) is 6.17. The third-order valence-electron chi connectivity index (χ3n) is 3.51. The molecule has 0 saturated heterocycles. The fourth-order valence-corrected chi connectivity index (χ4v) is 4.48. The van der Waals surface area contributed by atoms with Crippen molar-refractivity contribution in [3.63, 3.8) is 0 Å². The molecule has 3 rings (SSSR count). The zero-order valence-corrected chi connectivity index (χ0v) is 13.1. The van der Waals surface area contributed by atoms with Gasteiger partial charge in [-0.1, -0.05) is 66.7 Å². The van der Waals surface area contributed by atoms with E-state index in [0.717, 1.165) is 16.2 Å². The van der Waals surface area contributed by atoms with E-state index in [1.807, 2.05) is 91.0 Å². The SMILES string of the molecule is O=P([N]Cc1ccccc1)(c1ccccc1)c1ccccc1. The molecule has 0 N–H and O–H groups in total. The smallest absolute Gasteiger partial charge is 0.220 e. The summed E-state index contributed by atoms with van der Waals surface area (Å²) in [5.41, 5.74) is 1.06. The Morgan fingerprint density at radius 3 is 1.50 bits per heavy atom. The summed E-state index contributed by atoms with van der Waals surface area (Å²) in [7, 11) is -2.96. The Kier molecular flexibility index (Phi) is 4.53. The number of hydrogen-bond acceptors (Lipinski definition) is 1. The highest BCUT2D eigenvalue weighted by Crippen LogP contribution is 2.40. The number of benzene rings is 3. The van der Waals surface area contributed by atoms with Crippen molar-refractivity contribution in [2.24, 2.45) is 0 Å². The molecule has 1 radical (unpaired) electrons. The van der Waals surface area contributed by atoms with Crippen LogP contribution in [0.5, 0.6) is 0 Å². The van der Waals surface area contributed by atoms with Gasteiger partial charge in [0.1, 0.15) is 0 Å². The summed E-state index contributed by atoms with van der Waals surface area (Å²) in [6, 6.07) is 29.0. The summed E-state index contributed by atoms with van der Waals surface area (Å²) in [6.07, 6.45) is 0. The van der Waals surface area contributed by atoms with Crippen LogP contribution in [0.15, 0.2) is 91.0 Å². The molecule has 109 valence electrons. The lowest BCUT2D eigenvalue weighted by molar-refractivity contribution is 0.577. The molecule has 0 saturated carbocycles. The molecule has 2 nitrogen and oxygen atoms in total. The Morgan fingerprint density at radius 2 is 1.05 bits per heavy atom. The number of hydrogen-bond donors (Lipinski definition) is 0. The maximum Gasteiger partial charge on any atom is 0.220 e. The van der Waals surface area contributed by atoms with Crippen LogP contribution in [0.25, 0.3) is 0 Å². The summed E-state index contributed by atoms with van der Waals surface area (Å²) in [5.74, 6) is 0. The molecule has 3 aromatic carbocycles. The van der Waals surface area contributed by atoms with Gasteiger partial charge in [0.15, 0.2) is 0 Å². The van der Waals surface area contributed by atoms with Crippen LogP contribution < -0.4 is 15.7 Å². The summed E-state index contributed by atoms with van der Waals surface area (Å²) >= 11 is 0. The van der Waals surface area contributed by atoms with Gasteiger partial charge in [-0.25, -0.2) is 0 Å². The lowest BCUT2D eigenvalue weighted by atomic mass is 10.2. The molecule has 0 aliphatic heterocycles. The van der Waals surface area contributed by atoms with E-state index in [0.29, 0.717) is 6.54 Å². The van der Waals surface area contributed by atoms with Crippen LogP contribution in [0.3, 0.4) is 0 Å². The van der Waals surface area contributed by atoms with E-state index >= 15 is 0 Å². The van der Waals surface area contributed by atoms with Crippen molar-refractivity contribution in [2.45, 2.75) is 6.54 Å². The quantitative estimate of drug-likeness (QED) is 0.661. The molecule has 22 heavy (non-hydrogen) atoms. The van der Waals surface area contributed by atoms with Crippen molar-refractivity contribution < 1.29 is 4.57 Å². The molecule has 3 aromatic rings. The molecule has 0 aromatic heterocycles. The average Bonchev–Trinajstić information content (AvgIpc) is 2.62. The van der Waals surface area contributed by atoms with Gasteiger partial charge >= 0.3 is 0 Å². The highest BCUT2D eigenvalue weighted by Gasteiger charge is 2.27. The van der Waals surface area contributed by atoms with Crippen molar-refractivity contribution in [1.82, 2.24) is 5.09 Å². The van der Waals surface area contributed by atoms with Crippen LogP contribution in [-0.4, -0.2) is 0 Å². The van der Waals surface area contributed by atoms with Crippen LogP contribution in [0.1, 0.15) is 5.56 Å². The molecule has 0 amide bonds. The van der Waals surface area contributed by atoms with Crippen molar-refractivity contribution >= 4 is 17.9 Å². The van der Waals surface area contributed by atoms with Gasteiger partial charge in [0.25, 0.3) is 0 Å². The van der Waals surface area contributed by atoms with Gasteiger partial charge in [-0.15, -0.1) is 0 Å². The van der Waals surface area contributed by atoms with Gasteiger partial charge in [-0.05, 0) is 29.8 Å². The van der Waals surface area contributed by atoms with E-state index in [4.69, 9.17) is 0 Å². The topological polar surface area (TPSA) is 31.2 Å². The molecule has 3 heteroatoms. The van der Waals surface area contributed by atoms with Crippen LogP contribution in [-0.2, 0) is 11.1 Å². The van der Waals surface area contributed by atoms with E-state index in [1.165, 1.54) is 0 Å². The first kappa shape index (κ1) is 14.8. The van der Waals surface area contributed by atoms with E-state index in [2.05, 4.69) is 5.09 Å². The molecule has 0 heterocycles. The minimum atomic E-state index is -2.96. The first-order valence-corrected chi connectivity index (χ1v) is 8.89. The van der Waals surface area contributed by atoms with Crippen molar-refractivity contribution in [3.8, 4) is 0 Å². The normalized spacial score (nSPS) is 11.3. The molecule has 0 aliphatic rings. The number of nitrogens with zero attached hydrogens (tertiary/aromatic N) is 1. The highest BCUT2D eigenvalue weighted by atomic mass is 31.2. The summed E-state index contributed by atoms with van der Waals surface area (Å²) < 4.78 is 13.6. The zero-order chi connectivity index (χ0) is 15.3. The first-order chi connectivity index (χ1) is 10.8. The third kappa shape index (κ3) is 3.19. The Hall–Kier alpha value is -2.15. The molecule has 0 bridgehead atoms. The third-order valence-corrected chi connectivity index (χ3v) is 6.04. The molecule has 0 spiro atoms. The largest absolute Gasteiger partial charge is 0.295 e. The molecular formula is C19H17NOP. The van der Waals surface area contributed by atoms with Gasteiger partial charge < -0.3 is 0 Å². The van der Waals surface area contributed by atoms with E-state index in [9.17, 15) is 4.57 Å². The Bertz CT molecular complexity index is 714. The van der Waals surface area contributed by atoms with Crippen molar-refractivity contribution in [1.29, 1.82) is 0 Å². The second kappa shape index (κ2) is 6.74. The predicted octanol–water partition coefficient (Wildman–Crippen LogP) is 3.72. The standard InChI is InChI=1S/C19H17NOP/c21-22(18-12-6-2-7-13-18,19-14-8-3-9-15-19)20-16-17-10-4-1-5-11-17/h1-15H,16H2. The minimum Gasteiger partial charge on any atom is -0.295 e. The minimum absolute atomic E-state index is 0.446. The zero-order valence-electron chi connectivity index (χ0n) is 12.2. The van der Waals surface area contributed by atoms with Gasteiger partial charge in [-0.2, -0.15) is 5.09 Å². The second-order valence-corrected chi connectivity index (χ2v) is 7.50. The van der Waals surface area contributed by atoms with Crippen molar-refractivity contribution in [3.05, 3.63) is 96.6 Å². The first-order valence-electron chi connectivity index (χ1n) is 7.23. The van der Waals surface area contributed by atoms with Gasteiger partial charge in [0.2, 0.25) is 7.29 Å². The molecule has 0 fully saturated rings. The van der Waals surface area contributed by atoms with Crippen LogP contribution in [0.2, 0.25) is 0 Å². The molecule has 0 aliphatic carbocycles. The Morgan fingerprint density at radius 1 is 0.636 bits per heavy atom. The van der Waals surface area contributed by atoms with Crippen LogP contribution >= 0.6 is 7.29 Å². The monoisotopic (exact) mass is 306 g/mol. The fraction of sp³-hybridized carbons (Fsp3) is 0.0526. The van der Waals surface area contributed by atoms with Crippen molar-refractivity contribution in [2.75, 3.05) is 0 Å². The lowest BCUT2D eigenvalue weighted by Gasteiger charge is -2.18. The maximum absolute atomic E-state index is 13.6. The molecular weight excluding hydrogens is 289 g/mol. The second-order valence-electron chi connectivity index (χ2n) is 5.03. The van der Waals surface area contributed by atoms with Crippen LogP contribution in [0, 0.1) is 0 Å². The van der Waals surface area contributed by atoms with E-state index in [-0.39, 0.29) is 0 Å². The fourth-order valence-electron chi connectivity index (χ4n) is 2.34. The molecule has 0 atom stereocenters.